The highest BCUT2D eigenvalue weighted by molar-refractivity contribution is 7.86. The third kappa shape index (κ3) is 1.72. The van der Waals surface area contributed by atoms with Crippen molar-refractivity contribution in [2.45, 2.75) is 24.5 Å². The van der Waals surface area contributed by atoms with E-state index in [1.807, 2.05) is 6.08 Å². The Morgan fingerprint density at radius 3 is 2.75 bits per heavy atom. The third-order valence-corrected chi connectivity index (χ3v) is 5.50. The summed E-state index contributed by atoms with van der Waals surface area (Å²) in [5.74, 6) is 0. The molecule has 0 heterocycles. The highest BCUT2D eigenvalue weighted by Crippen LogP contribution is 2.35. The van der Waals surface area contributed by atoms with E-state index in [0.717, 1.165) is 24.0 Å². The van der Waals surface area contributed by atoms with Gasteiger partial charge < -0.3 is 0 Å². The van der Waals surface area contributed by atoms with Gasteiger partial charge in [-0.05, 0) is 58.4 Å². The van der Waals surface area contributed by atoms with Crippen LogP contribution in [0.4, 0.5) is 0 Å². The predicted molar refractivity (Wildman–Crippen MR) is 79.4 cm³/mol. The maximum absolute atomic E-state index is 11.4. The van der Waals surface area contributed by atoms with Gasteiger partial charge in [-0.2, -0.15) is 8.42 Å². The Hall–Kier alpha value is -1.65. The molecule has 3 aliphatic rings. The summed E-state index contributed by atoms with van der Waals surface area (Å²) in [6.07, 6.45) is 5.73. The van der Waals surface area contributed by atoms with E-state index >= 15 is 0 Å². The van der Waals surface area contributed by atoms with Crippen molar-refractivity contribution in [2.24, 2.45) is 0 Å². The van der Waals surface area contributed by atoms with E-state index in [2.05, 4.69) is 24.3 Å². The third-order valence-electron chi connectivity index (χ3n) is 4.41. The molecule has 0 amide bonds. The van der Waals surface area contributed by atoms with E-state index in [9.17, 15) is 13.0 Å². The first-order chi connectivity index (χ1) is 9.52. The van der Waals surface area contributed by atoms with Crippen LogP contribution in [0.25, 0.3) is 16.8 Å². The second-order valence-corrected chi connectivity index (χ2v) is 7.23. The van der Waals surface area contributed by atoms with E-state index in [1.165, 1.54) is 21.9 Å². The molecule has 20 heavy (non-hydrogen) atoms. The summed E-state index contributed by atoms with van der Waals surface area (Å²) in [4.78, 5) is 0. The Labute approximate surface area is 117 Å². The van der Waals surface area contributed by atoms with E-state index < -0.39 is 15.4 Å². The van der Waals surface area contributed by atoms with Crippen LogP contribution in [0, 0.1) is 0 Å². The Balaban J connectivity index is 1.98. The standard InChI is InChI=1S/C16H14O3S/c17-20(18,19)13-4-3-11-8-12-7-10-1-5-14(12)15(6-2-10)16(11)9-13/h1,3-5,7-8,13H,2,6,9H2,(H,17,18,19). The van der Waals surface area contributed by atoms with Crippen LogP contribution in [0.15, 0.2) is 30.3 Å². The Bertz CT molecular complexity index is 863. The molecule has 5 rings (SSSR count). The first-order valence-electron chi connectivity index (χ1n) is 6.74. The quantitative estimate of drug-likeness (QED) is 0.820. The van der Waals surface area contributed by atoms with E-state index in [-0.39, 0.29) is 0 Å². The molecule has 3 aliphatic carbocycles. The fourth-order valence-electron chi connectivity index (χ4n) is 3.38. The number of aryl methyl sites for hydroxylation is 2. The molecule has 1 N–H and O–H groups in total. The van der Waals surface area contributed by atoms with Crippen LogP contribution in [-0.4, -0.2) is 18.2 Å². The predicted octanol–water partition coefficient (Wildman–Crippen LogP) is 2.76. The summed E-state index contributed by atoms with van der Waals surface area (Å²) >= 11 is 0. The Kier molecular flexibility index (Phi) is 2.38. The highest BCUT2D eigenvalue weighted by atomic mass is 32.2. The highest BCUT2D eigenvalue weighted by Gasteiger charge is 2.27. The lowest BCUT2D eigenvalue weighted by molar-refractivity contribution is 0.474. The van der Waals surface area contributed by atoms with Gasteiger partial charge in [0.1, 0.15) is 5.25 Å². The molecule has 102 valence electrons. The summed E-state index contributed by atoms with van der Waals surface area (Å²) in [5, 5.41) is 1.63. The second-order valence-electron chi connectivity index (χ2n) is 5.60. The topological polar surface area (TPSA) is 54.4 Å². The molecule has 1 atom stereocenters. The molecular formula is C16H14O3S. The summed E-state index contributed by atoms with van der Waals surface area (Å²) in [5.41, 5.74) is 4.74. The first-order valence-corrected chi connectivity index (χ1v) is 8.24. The van der Waals surface area contributed by atoms with Crippen molar-refractivity contribution in [1.82, 2.24) is 0 Å². The lowest BCUT2D eigenvalue weighted by atomic mass is 9.88. The average molecular weight is 286 g/mol. The zero-order chi connectivity index (χ0) is 13.9. The van der Waals surface area contributed by atoms with Gasteiger partial charge in [-0.15, -0.1) is 0 Å². The van der Waals surface area contributed by atoms with E-state index in [0.29, 0.717) is 6.42 Å². The molecule has 4 bridgehead atoms. The fourth-order valence-corrected chi connectivity index (χ4v) is 4.04. The van der Waals surface area contributed by atoms with Gasteiger partial charge in [0.15, 0.2) is 0 Å². The van der Waals surface area contributed by atoms with Crippen LogP contribution < -0.4 is 0 Å². The number of benzene rings is 2. The van der Waals surface area contributed by atoms with Crippen molar-refractivity contribution < 1.29 is 13.0 Å². The smallest absolute Gasteiger partial charge is 0.271 e. The second kappa shape index (κ2) is 3.93. The molecule has 1 unspecified atom stereocenters. The molecule has 2 aromatic carbocycles. The molecule has 4 heteroatoms. The largest absolute Gasteiger partial charge is 0.285 e. The summed E-state index contributed by atoms with van der Waals surface area (Å²) < 4.78 is 32.1. The van der Waals surface area contributed by atoms with Crippen molar-refractivity contribution in [2.75, 3.05) is 0 Å². The maximum atomic E-state index is 11.4. The molecule has 0 spiro atoms. The molecule has 0 saturated heterocycles. The molecule has 0 saturated carbocycles. The minimum absolute atomic E-state index is 0.371. The molecule has 2 aromatic rings. The van der Waals surface area contributed by atoms with E-state index in [4.69, 9.17) is 0 Å². The summed E-state index contributed by atoms with van der Waals surface area (Å²) in [6, 6.07) is 8.62. The van der Waals surface area contributed by atoms with Crippen molar-refractivity contribution in [3.05, 3.63) is 52.6 Å². The van der Waals surface area contributed by atoms with Crippen molar-refractivity contribution in [1.29, 1.82) is 0 Å². The van der Waals surface area contributed by atoms with Gasteiger partial charge >= 0.3 is 0 Å². The average Bonchev–Trinajstić information content (AvgIpc) is 2.68. The zero-order valence-corrected chi connectivity index (χ0v) is 11.7. The van der Waals surface area contributed by atoms with Gasteiger partial charge in [0.2, 0.25) is 0 Å². The molecule has 0 fully saturated rings. The molecule has 0 radical (unpaired) electrons. The number of rotatable bonds is 1. The fraction of sp³-hybridized carbons (Fsp3) is 0.250. The Morgan fingerprint density at radius 1 is 1.10 bits per heavy atom. The molecule has 0 aliphatic heterocycles. The number of hydrogen-bond donors (Lipinski definition) is 1. The van der Waals surface area contributed by atoms with Crippen LogP contribution in [0.2, 0.25) is 0 Å². The van der Waals surface area contributed by atoms with Gasteiger partial charge in [-0.25, -0.2) is 0 Å². The zero-order valence-electron chi connectivity index (χ0n) is 10.8. The minimum atomic E-state index is -4.02. The first kappa shape index (κ1) is 12.1. The normalized spacial score (nSPS) is 20.4. The lowest BCUT2D eigenvalue weighted by Gasteiger charge is -2.21. The number of hydrogen-bond acceptors (Lipinski definition) is 2. The van der Waals surface area contributed by atoms with Crippen LogP contribution >= 0.6 is 0 Å². The van der Waals surface area contributed by atoms with Crippen LogP contribution in [0.5, 0.6) is 0 Å². The molecule has 3 nitrogen and oxygen atoms in total. The van der Waals surface area contributed by atoms with Gasteiger partial charge in [0.05, 0.1) is 0 Å². The Morgan fingerprint density at radius 2 is 1.95 bits per heavy atom. The summed E-state index contributed by atoms with van der Waals surface area (Å²) in [6.45, 7) is 0. The SMILES string of the molecule is O=S(=O)(O)C1C=Cc2cc3cc4ccc3c(c2C1)CC4. The van der Waals surface area contributed by atoms with E-state index in [1.54, 1.807) is 6.08 Å². The monoisotopic (exact) mass is 286 g/mol. The van der Waals surface area contributed by atoms with Crippen molar-refractivity contribution in [3.63, 3.8) is 0 Å². The summed E-state index contributed by atoms with van der Waals surface area (Å²) in [7, 11) is -4.02. The number of fused-ring (bicyclic) bond motifs is 3. The van der Waals surface area contributed by atoms with Gasteiger partial charge in [0, 0.05) is 0 Å². The minimum Gasteiger partial charge on any atom is -0.285 e. The van der Waals surface area contributed by atoms with Crippen LogP contribution in [0.3, 0.4) is 0 Å². The van der Waals surface area contributed by atoms with Crippen molar-refractivity contribution in [3.8, 4) is 0 Å². The van der Waals surface area contributed by atoms with Crippen LogP contribution in [-0.2, 0) is 29.4 Å². The van der Waals surface area contributed by atoms with Gasteiger partial charge in [-0.3, -0.25) is 4.55 Å². The van der Waals surface area contributed by atoms with Crippen molar-refractivity contribution >= 4 is 27.0 Å². The maximum Gasteiger partial charge on any atom is 0.271 e. The molecular weight excluding hydrogens is 272 g/mol. The lowest BCUT2D eigenvalue weighted by Crippen LogP contribution is -2.24. The van der Waals surface area contributed by atoms with Crippen LogP contribution in [0.1, 0.15) is 22.3 Å². The molecule has 0 aromatic heterocycles. The van der Waals surface area contributed by atoms with Gasteiger partial charge in [-0.1, -0.05) is 30.4 Å². The van der Waals surface area contributed by atoms with Gasteiger partial charge in [0.25, 0.3) is 10.1 Å².